The Morgan fingerprint density at radius 2 is 2.15 bits per heavy atom. The largest absolute Gasteiger partial charge is 0.496 e. The first-order valence-corrected chi connectivity index (χ1v) is 7.36. The molecule has 1 aromatic rings. The normalized spacial score (nSPS) is 15.3. The zero-order valence-electron chi connectivity index (χ0n) is 11.9. The van der Waals surface area contributed by atoms with Crippen molar-refractivity contribution in [2.24, 2.45) is 0 Å². The number of hydrogen-bond acceptors (Lipinski definition) is 3. The molecule has 1 unspecified atom stereocenters. The molecule has 1 aliphatic heterocycles. The molecule has 1 saturated heterocycles. The summed E-state index contributed by atoms with van der Waals surface area (Å²) in [6, 6.07) is 5.77. The number of methoxy groups -OCH3 is 1. The minimum Gasteiger partial charge on any atom is -0.496 e. The van der Waals surface area contributed by atoms with Gasteiger partial charge >= 0.3 is 0 Å². The van der Waals surface area contributed by atoms with E-state index in [1.54, 1.807) is 7.11 Å². The molecule has 108 valence electrons. The molecule has 0 spiro atoms. The van der Waals surface area contributed by atoms with Crippen LogP contribution >= 0.6 is 15.9 Å². The first kappa shape index (κ1) is 15.1. The van der Waals surface area contributed by atoms with Crippen molar-refractivity contribution in [3.8, 4) is 5.75 Å². The molecule has 4 nitrogen and oxygen atoms in total. The molecule has 1 heterocycles. The molecule has 1 atom stereocenters. The lowest BCUT2D eigenvalue weighted by molar-refractivity contribution is -0.118. The summed E-state index contributed by atoms with van der Waals surface area (Å²) >= 11 is 3.46. The number of rotatable bonds is 4. The van der Waals surface area contributed by atoms with Crippen molar-refractivity contribution in [1.82, 2.24) is 10.6 Å². The standard InChI is InChI=1S/C15H19BrN2O2/c1-9(12-7-17-8-12)15(19)18-10(2)11-4-5-14(20-3)13(16)6-11/h4-6,10,17H,7-8H2,1-3H3,(H,18,19). The molecule has 0 bridgehead atoms. The minimum absolute atomic E-state index is 0.000871. The Morgan fingerprint density at radius 1 is 1.45 bits per heavy atom. The number of ether oxygens (including phenoxy) is 1. The molecule has 1 aromatic carbocycles. The molecule has 1 fully saturated rings. The van der Waals surface area contributed by atoms with E-state index in [4.69, 9.17) is 4.74 Å². The second kappa shape index (κ2) is 6.41. The van der Waals surface area contributed by atoms with Crippen molar-refractivity contribution in [3.63, 3.8) is 0 Å². The fraction of sp³-hybridized carbons (Fsp3) is 0.400. The lowest BCUT2D eigenvalue weighted by atomic mass is 10.0. The van der Waals surface area contributed by atoms with Crippen LogP contribution in [0.3, 0.4) is 0 Å². The third kappa shape index (κ3) is 3.22. The van der Waals surface area contributed by atoms with E-state index in [2.05, 4.69) is 26.6 Å². The van der Waals surface area contributed by atoms with Gasteiger partial charge in [0, 0.05) is 18.7 Å². The average molecular weight is 339 g/mol. The first-order chi connectivity index (χ1) is 9.52. The van der Waals surface area contributed by atoms with E-state index in [-0.39, 0.29) is 11.9 Å². The lowest BCUT2D eigenvalue weighted by Gasteiger charge is -2.23. The molecule has 0 radical (unpaired) electrons. The molecule has 1 amide bonds. The van der Waals surface area contributed by atoms with Crippen molar-refractivity contribution in [2.75, 3.05) is 20.2 Å². The maximum Gasteiger partial charge on any atom is 0.247 e. The predicted molar refractivity (Wildman–Crippen MR) is 82.8 cm³/mol. The van der Waals surface area contributed by atoms with E-state index in [9.17, 15) is 4.79 Å². The van der Waals surface area contributed by atoms with Crippen molar-refractivity contribution < 1.29 is 9.53 Å². The van der Waals surface area contributed by atoms with Gasteiger partial charge in [0.05, 0.1) is 17.6 Å². The van der Waals surface area contributed by atoms with Crippen LogP contribution in [0.1, 0.15) is 25.5 Å². The van der Waals surface area contributed by atoms with Crippen LogP contribution in [0.4, 0.5) is 0 Å². The maximum absolute atomic E-state index is 12.1. The van der Waals surface area contributed by atoms with Crippen LogP contribution in [-0.4, -0.2) is 26.1 Å². The first-order valence-electron chi connectivity index (χ1n) is 6.56. The second-order valence-corrected chi connectivity index (χ2v) is 5.78. The number of halogens is 1. The molecule has 2 rings (SSSR count). The Morgan fingerprint density at radius 3 is 2.65 bits per heavy atom. The smallest absolute Gasteiger partial charge is 0.247 e. The average Bonchev–Trinajstić information content (AvgIpc) is 2.36. The Hall–Kier alpha value is -1.33. The van der Waals surface area contributed by atoms with E-state index >= 15 is 0 Å². The zero-order chi connectivity index (χ0) is 14.7. The fourth-order valence-electron chi connectivity index (χ4n) is 2.02. The Labute approximate surface area is 127 Å². The molecular weight excluding hydrogens is 320 g/mol. The summed E-state index contributed by atoms with van der Waals surface area (Å²) < 4.78 is 6.09. The van der Waals surface area contributed by atoms with E-state index in [1.807, 2.05) is 32.0 Å². The predicted octanol–water partition coefficient (Wildman–Crippen LogP) is 2.55. The Kier molecular flexibility index (Phi) is 4.83. The molecule has 5 heteroatoms. The van der Waals surface area contributed by atoms with Gasteiger partial charge in [0.2, 0.25) is 5.91 Å². The van der Waals surface area contributed by atoms with Gasteiger partial charge in [-0.05, 0) is 53.0 Å². The van der Waals surface area contributed by atoms with E-state index in [0.29, 0.717) is 0 Å². The molecule has 0 saturated carbocycles. The molecule has 0 aliphatic carbocycles. The van der Waals surface area contributed by atoms with Gasteiger partial charge in [-0.2, -0.15) is 0 Å². The molecular formula is C15H19BrN2O2. The number of benzene rings is 1. The SMILES string of the molecule is COc1ccc(C(C)NC(=O)C(C)=C2CNC2)cc1Br. The van der Waals surface area contributed by atoms with E-state index in [0.717, 1.165) is 34.4 Å². The highest BCUT2D eigenvalue weighted by molar-refractivity contribution is 9.10. The third-order valence-corrected chi connectivity index (χ3v) is 4.19. The van der Waals surface area contributed by atoms with Crippen LogP contribution in [0, 0.1) is 0 Å². The summed E-state index contributed by atoms with van der Waals surface area (Å²) in [6.07, 6.45) is 0. The number of carbonyl (C=O) groups excluding carboxylic acids is 1. The number of carbonyl (C=O) groups is 1. The van der Waals surface area contributed by atoms with Gasteiger partial charge in [-0.3, -0.25) is 4.79 Å². The summed E-state index contributed by atoms with van der Waals surface area (Å²) in [5, 5.41) is 6.17. The van der Waals surface area contributed by atoms with E-state index < -0.39 is 0 Å². The Bertz CT molecular complexity index is 549. The monoisotopic (exact) mass is 338 g/mol. The van der Waals surface area contributed by atoms with Crippen molar-refractivity contribution in [3.05, 3.63) is 39.4 Å². The van der Waals surface area contributed by atoms with Crippen molar-refractivity contribution in [2.45, 2.75) is 19.9 Å². The van der Waals surface area contributed by atoms with Crippen LogP contribution < -0.4 is 15.4 Å². The Balaban J connectivity index is 2.06. The van der Waals surface area contributed by atoms with Gasteiger partial charge in [0.25, 0.3) is 0 Å². The van der Waals surface area contributed by atoms with Crippen molar-refractivity contribution in [1.29, 1.82) is 0 Å². The summed E-state index contributed by atoms with van der Waals surface area (Å²) in [7, 11) is 1.63. The van der Waals surface area contributed by atoms with Gasteiger partial charge in [-0.15, -0.1) is 0 Å². The summed E-state index contributed by atoms with van der Waals surface area (Å²) in [5.41, 5.74) is 3.05. The highest BCUT2D eigenvalue weighted by Crippen LogP contribution is 2.28. The highest BCUT2D eigenvalue weighted by atomic mass is 79.9. The van der Waals surface area contributed by atoms with Gasteiger partial charge in [0.1, 0.15) is 5.75 Å². The zero-order valence-corrected chi connectivity index (χ0v) is 13.5. The summed E-state index contributed by atoms with van der Waals surface area (Å²) in [4.78, 5) is 12.1. The quantitative estimate of drug-likeness (QED) is 0.829. The van der Waals surface area contributed by atoms with Crippen LogP contribution in [0.25, 0.3) is 0 Å². The maximum atomic E-state index is 12.1. The third-order valence-electron chi connectivity index (χ3n) is 3.57. The minimum atomic E-state index is -0.0479. The van der Waals surface area contributed by atoms with Gasteiger partial charge < -0.3 is 15.4 Å². The second-order valence-electron chi connectivity index (χ2n) is 4.92. The molecule has 20 heavy (non-hydrogen) atoms. The fourth-order valence-corrected chi connectivity index (χ4v) is 2.57. The van der Waals surface area contributed by atoms with Gasteiger partial charge in [-0.25, -0.2) is 0 Å². The topological polar surface area (TPSA) is 50.4 Å². The molecule has 0 aromatic heterocycles. The van der Waals surface area contributed by atoms with Gasteiger partial charge in [-0.1, -0.05) is 6.07 Å². The van der Waals surface area contributed by atoms with Crippen LogP contribution in [0.15, 0.2) is 33.8 Å². The number of hydrogen-bond donors (Lipinski definition) is 2. The van der Waals surface area contributed by atoms with Crippen LogP contribution in [-0.2, 0) is 4.79 Å². The van der Waals surface area contributed by atoms with Crippen molar-refractivity contribution >= 4 is 21.8 Å². The number of nitrogens with one attached hydrogen (secondary N) is 2. The number of amides is 1. The van der Waals surface area contributed by atoms with Crippen LogP contribution in [0.5, 0.6) is 5.75 Å². The van der Waals surface area contributed by atoms with E-state index in [1.165, 1.54) is 5.57 Å². The lowest BCUT2D eigenvalue weighted by Crippen LogP contribution is -2.38. The summed E-state index contributed by atoms with van der Waals surface area (Å²) in [5.74, 6) is 0.784. The van der Waals surface area contributed by atoms with Gasteiger partial charge in [0.15, 0.2) is 0 Å². The highest BCUT2D eigenvalue weighted by Gasteiger charge is 2.18. The molecule has 1 aliphatic rings. The summed E-state index contributed by atoms with van der Waals surface area (Å²) in [6.45, 7) is 5.49. The van der Waals surface area contributed by atoms with Crippen LogP contribution in [0.2, 0.25) is 0 Å². The molecule has 2 N–H and O–H groups in total.